The van der Waals surface area contributed by atoms with Crippen molar-refractivity contribution in [1.29, 1.82) is 0 Å². The monoisotopic (exact) mass is 360 g/mol. The number of pyridine rings is 1. The van der Waals surface area contributed by atoms with Crippen molar-refractivity contribution in [2.45, 2.75) is 6.42 Å². The van der Waals surface area contributed by atoms with Gasteiger partial charge < -0.3 is 14.8 Å². The number of furan rings is 1. The normalized spacial score (nSPS) is 10.8. The third-order valence-corrected chi connectivity index (χ3v) is 4.08. The van der Waals surface area contributed by atoms with Crippen molar-refractivity contribution in [2.24, 2.45) is 0 Å². The molecule has 0 fully saturated rings. The number of nitrogens with one attached hydrogen (secondary N) is 1. The Morgan fingerprint density at radius 3 is 2.67 bits per heavy atom. The number of anilines is 1. The van der Waals surface area contributed by atoms with E-state index in [9.17, 15) is 4.79 Å². The molecule has 0 atom stereocenters. The maximum atomic E-state index is 10.8. The van der Waals surface area contributed by atoms with Crippen LogP contribution in [0, 0.1) is 0 Å². The van der Waals surface area contributed by atoms with Crippen LogP contribution >= 0.6 is 0 Å². The number of benzene rings is 1. The van der Waals surface area contributed by atoms with Gasteiger partial charge in [0.05, 0.1) is 18.2 Å². The lowest BCUT2D eigenvalue weighted by Crippen LogP contribution is -2.09. The summed E-state index contributed by atoms with van der Waals surface area (Å²) in [5, 5.41) is 12.8. The third-order valence-electron chi connectivity index (χ3n) is 4.08. The number of carboxylic acids is 1. The fourth-order valence-electron chi connectivity index (χ4n) is 2.79. The molecule has 0 aliphatic heterocycles. The molecule has 0 saturated heterocycles. The highest BCUT2D eigenvalue weighted by Gasteiger charge is 2.12. The van der Waals surface area contributed by atoms with Crippen LogP contribution in [0.3, 0.4) is 0 Å². The van der Waals surface area contributed by atoms with Crippen LogP contribution in [0.1, 0.15) is 6.42 Å². The molecule has 27 heavy (non-hydrogen) atoms. The number of rotatable bonds is 6. The van der Waals surface area contributed by atoms with E-state index in [2.05, 4.69) is 20.3 Å². The largest absolute Gasteiger partial charge is 0.481 e. The van der Waals surface area contributed by atoms with Crippen molar-refractivity contribution in [3.05, 3.63) is 61.1 Å². The Hall–Kier alpha value is -3.74. The van der Waals surface area contributed by atoms with E-state index in [0.29, 0.717) is 17.4 Å². The zero-order valence-electron chi connectivity index (χ0n) is 14.3. The quantitative estimate of drug-likeness (QED) is 0.539. The molecule has 0 radical (unpaired) electrons. The molecule has 1 aromatic carbocycles. The van der Waals surface area contributed by atoms with Gasteiger partial charge in [-0.2, -0.15) is 0 Å². The summed E-state index contributed by atoms with van der Waals surface area (Å²) < 4.78 is 5.43. The van der Waals surface area contributed by atoms with E-state index in [1.807, 2.05) is 30.3 Å². The third kappa shape index (κ3) is 3.62. The number of hydrogen-bond donors (Lipinski definition) is 2. The molecule has 3 heterocycles. The van der Waals surface area contributed by atoms with Gasteiger partial charge >= 0.3 is 5.97 Å². The molecule has 0 unspecified atom stereocenters. The highest BCUT2D eigenvalue weighted by atomic mass is 16.4. The number of carbonyl (C=O) groups is 1. The van der Waals surface area contributed by atoms with Crippen LogP contribution < -0.4 is 5.32 Å². The second-order valence-electron chi connectivity index (χ2n) is 5.91. The highest BCUT2D eigenvalue weighted by molar-refractivity contribution is 5.93. The van der Waals surface area contributed by atoms with E-state index < -0.39 is 5.97 Å². The van der Waals surface area contributed by atoms with E-state index in [0.717, 1.165) is 22.0 Å². The average Bonchev–Trinajstić information content (AvgIpc) is 3.22. The smallest absolute Gasteiger partial charge is 0.305 e. The number of nitrogens with zero attached hydrogens (tertiary/aromatic N) is 3. The number of fused-ring (bicyclic) bond motifs is 1. The van der Waals surface area contributed by atoms with Gasteiger partial charge in [-0.25, -0.2) is 9.97 Å². The Morgan fingerprint density at radius 1 is 1.07 bits per heavy atom. The van der Waals surface area contributed by atoms with Gasteiger partial charge in [0.2, 0.25) is 0 Å². The predicted molar refractivity (Wildman–Crippen MR) is 101 cm³/mol. The van der Waals surface area contributed by atoms with Crippen LogP contribution in [0.5, 0.6) is 0 Å². The van der Waals surface area contributed by atoms with Gasteiger partial charge in [-0.1, -0.05) is 6.07 Å². The second kappa shape index (κ2) is 7.25. The zero-order valence-corrected chi connectivity index (χ0v) is 14.3. The van der Waals surface area contributed by atoms with Crippen molar-refractivity contribution in [3.63, 3.8) is 0 Å². The van der Waals surface area contributed by atoms with E-state index in [1.165, 1.54) is 0 Å². The first-order chi connectivity index (χ1) is 13.2. The van der Waals surface area contributed by atoms with Crippen LogP contribution in [-0.4, -0.2) is 32.6 Å². The van der Waals surface area contributed by atoms with Crippen molar-refractivity contribution >= 4 is 22.7 Å². The summed E-state index contributed by atoms with van der Waals surface area (Å²) in [6.45, 7) is 0.269. The molecule has 0 amide bonds. The Bertz CT molecular complexity index is 1080. The van der Waals surface area contributed by atoms with E-state index >= 15 is 0 Å². The molecule has 134 valence electrons. The van der Waals surface area contributed by atoms with Gasteiger partial charge in [0, 0.05) is 24.3 Å². The summed E-state index contributed by atoms with van der Waals surface area (Å²) >= 11 is 0. The minimum absolute atomic E-state index is 0.00329. The summed E-state index contributed by atoms with van der Waals surface area (Å²) in [5.41, 5.74) is 2.78. The lowest BCUT2D eigenvalue weighted by molar-refractivity contribution is -0.136. The van der Waals surface area contributed by atoms with Crippen molar-refractivity contribution < 1.29 is 14.3 Å². The summed E-state index contributed by atoms with van der Waals surface area (Å²) in [7, 11) is 0. The van der Waals surface area contributed by atoms with E-state index in [1.54, 1.807) is 30.8 Å². The van der Waals surface area contributed by atoms with Gasteiger partial charge in [-0.05, 0) is 47.5 Å². The topological polar surface area (TPSA) is 101 Å². The summed E-state index contributed by atoms with van der Waals surface area (Å²) in [4.78, 5) is 24.0. The van der Waals surface area contributed by atoms with Gasteiger partial charge in [0.1, 0.15) is 5.82 Å². The maximum Gasteiger partial charge on any atom is 0.305 e. The number of aromatic nitrogens is 3. The molecule has 4 rings (SSSR count). The van der Waals surface area contributed by atoms with Crippen molar-refractivity contribution in [2.75, 3.05) is 11.9 Å². The molecule has 0 saturated carbocycles. The second-order valence-corrected chi connectivity index (χ2v) is 5.91. The van der Waals surface area contributed by atoms with Crippen LogP contribution in [0.15, 0.2) is 65.5 Å². The Morgan fingerprint density at radius 2 is 1.93 bits per heavy atom. The van der Waals surface area contributed by atoms with Gasteiger partial charge in [-0.3, -0.25) is 9.78 Å². The highest BCUT2D eigenvalue weighted by Crippen LogP contribution is 2.29. The fraction of sp³-hybridized carbons (Fsp3) is 0.100. The van der Waals surface area contributed by atoms with Gasteiger partial charge in [-0.15, -0.1) is 0 Å². The van der Waals surface area contributed by atoms with Crippen LogP contribution in [-0.2, 0) is 4.79 Å². The molecule has 7 nitrogen and oxygen atoms in total. The van der Waals surface area contributed by atoms with Crippen molar-refractivity contribution in [1.82, 2.24) is 15.0 Å². The minimum atomic E-state index is -0.868. The SMILES string of the molecule is O=C(O)CCNc1nc(-c2ccco2)nc2cc(-c3ccncc3)ccc12. The number of aliphatic carboxylic acids is 1. The standard InChI is InChI=1S/C20H16N4O3/c25-18(26)7-10-22-19-15-4-3-14(13-5-8-21-9-6-13)12-16(15)23-20(24-19)17-2-1-11-27-17/h1-6,8-9,11-12H,7,10H2,(H,25,26)(H,22,23,24). The molecule has 3 aromatic heterocycles. The Kier molecular flexibility index (Phi) is 4.49. The molecular formula is C20H16N4O3. The first-order valence-corrected chi connectivity index (χ1v) is 8.42. The molecule has 0 aliphatic rings. The predicted octanol–water partition coefficient (Wildman–Crippen LogP) is 3.84. The fourth-order valence-corrected chi connectivity index (χ4v) is 2.79. The molecule has 0 aliphatic carbocycles. The molecule has 7 heteroatoms. The minimum Gasteiger partial charge on any atom is -0.481 e. The molecule has 0 spiro atoms. The number of hydrogen-bond acceptors (Lipinski definition) is 6. The first kappa shape index (κ1) is 16.7. The van der Waals surface area contributed by atoms with E-state index in [4.69, 9.17) is 9.52 Å². The summed E-state index contributed by atoms with van der Waals surface area (Å²) in [5.74, 6) is 0.700. The van der Waals surface area contributed by atoms with Crippen LogP contribution in [0.4, 0.5) is 5.82 Å². The first-order valence-electron chi connectivity index (χ1n) is 8.42. The van der Waals surface area contributed by atoms with Gasteiger partial charge in [0.25, 0.3) is 0 Å². The van der Waals surface area contributed by atoms with Crippen molar-refractivity contribution in [3.8, 4) is 22.7 Å². The maximum absolute atomic E-state index is 10.8. The van der Waals surface area contributed by atoms with Gasteiger partial charge in [0.15, 0.2) is 11.6 Å². The summed E-state index contributed by atoms with van der Waals surface area (Å²) in [6.07, 6.45) is 5.05. The van der Waals surface area contributed by atoms with Crippen LogP contribution in [0.25, 0.3) is 33.6 Å². The Balaban J connectivity index is 1.80. The zero-order chi connectivity index (χ0) is 18.6. The average molecular weight is 360 g/mol. The lowest BCUT2D eigenvalue weighted by Gasteiger charge is -2.11. The molecule has 2 N–H and O–H groups in total. The lowest BCUT2D eigenvalue weighted by atomic mass is 10.0. The molecular weight excluding hydrogens is 344 g/mol. The Labute approximate surface area is 154 Å². The number of carboxylic acid groups (broad SMARTS) is 1. The molecule has 0 bridgehead atoms. The molecule has 4 aromatic rings. The van der Waals surface area contributed by atoms with Crippen LogP contribution in [0.2, 0.25) is 0 Å². The van der Waals surface area contributed by atoms with E-state index in [-0.39, 0.29) is 13.0 Å². The summed E-state index contributed by atoms with van der Waals surface area (Å²) in [6, 6.07) is 13.3.